The minimum atomic E-state index is -0.836. The van der Waals surface area contributed by atoms with Crippen LogP contribution >= 0.6 is 0 Å². The highest BCUT2D eigenvalue weighted by Gasteiger charge is 2.19. The summed E-state index contributed by atoms with van der Waals surface area (Å²) in [4.78, 5) is 10.5. The number of hydrogen-bond donors (Lipinski definition) is 2. The van der Waals surface area contributed by atoms with E-state index < -0.39 is 12.0 Å². The summed E-state index contributed by atoms with van der Waals surface area (Å²) in [5.74, 6) is -0.764. The van der Waals surface area contributed by atoms with Gasteiger partial charge in [0.25, 0.3) is 0 Å². The van der Waals surface area contributed by atoms with E-state index in [4.69, 9.17) is 9.84 Å². The Bertz CT molecular complexity index is 125. The van der Waals surface area contributed by atoms with Crippen LogP contribution in [0.1, 0.15) is 13.8 Å². The van der Waals surface area contributed by atoms with Crippen LogP contribution < -0.4 is 5.32 Å². The van der Waals surface area contributed by atoms with Gasteiger partial charge in [0.2, 0.25) is 0 Å². The van der Waals surface area contributed by atoms with E-state index >= 15 is 0 Å². The largest absolute Gasteiger partial charge is 0.480 e. The SMILES string of the molecule is COCN[C@H](C(=O)O)C(C)C. The van der Waals surface area contributed by atoms with Gasteiger partial charge in [0.1, 0.15) is 6.04 Å². The zero-order valence-corrected chi connectivity index (χ0v) is 7.13. The fraction of sp³-hybridized carbons (Fsp3) is 0.857. The van der Waals surface area contributed by atoms with Crippen LogP contribution in [-0.2, 0) is 9.53 Å². The first-order valence-corrected chi connectivity index (χ1v) is 3.54. The molecule has 0 heterocycles. The van der Waals surface area contributed by atoms with E-state index in [1.54, 1.807) is 0 Å². The fourth-order valence-electron chi connectivity index (χ4n) is 0.781. The van der Waals surface area contributed by atoms with Crippen molar-refractivity contribution in [2.45, 2.75) is 19.9 Å². The summed E-state index contributed by atoms with van der Waals surface area (Å²) in [6, 6.07) is -0.519. The number of rotatable bonds is 5. The first kappa shape index (κ1) is 10.4. The average Bonchev–Trinajstić information content (AvgIpc) is 1.87. The smallest absolute Gasteiger partial charge is 0.321 e. The van der Waals surface area contributed by atoms with Crippen molar-refractivity contribution < 1.29 is 14.6 Å². The highest BCUT2D eigenvalue weighted by atomic mass is 16.5. The lowest BCUT2D eigenvalue weighted by atomic mass is 10.1. The van der Waals surface area contributed by atoms with Gasteiger partial charge in [-0.1, -0.05) is 13.8 Å². The molecule has 0 aromatic carbocycles. The molecule has 0 aliphatic rings. The van der Waals surface area contributed by atoms with Crippen molar-refractivity contribution >= 4 is 5.97 Å². The molecule has 0 aromatic heterocycles. The molecule has 0 unspecified atom stereocenters. The molecular formula is C7H15NO3. The quantitative estimate of drug-likeness (QED) is 0.569. The molecule has 1 atom stereocenters. The van der Waals surface area contributed by atoms with Gasteiger partial charge >= 0.3 is 5.97 Å². The molecule has 4 nitrogen and oxygen atoms in total. The molecule has 0 bridgehead atoms. The number of hydrogen-bond acceptors (Lipinski definition) is 3. The van der Waals surface area contributed by atoms with Crippen molar-refractivity contribution in [1.82, 2.24) is 5.32 Å². The number of ether oxygens (including phenoxy) is 1. The lowest BCUT2D eigenvalue weighted by molar-refractivity contribution is -0.141. The van der Waals surface area contributed by atoms with E-state index in [0.29, 0.717) is 0 Å². The highest BCUT2D eigenvalue weighted by molar-refractivity contribution is 5.73. The molecule has 0 fully saturated rings. The number of aliphatic carboxylic acids is 1. The lowest BCUT2D eigenvalue weighted by Crippen LogP contribution is -2.41. The summed E-state index contributed by atoms with van der Waals surface area (Å²) in [6.07, 6.45) is 0. The zero-order chi connectivity index (χ0) is 8.85. The molecule has 0 rings (SSSR count). The van der Waals surface area contributed by atoms with E-state index in [0.717, 1.165) is 0 Å². The summed E-state index contributed by atoms with van der Waals surface area (Å²) < 4.78 is 4.70. The second-order valence-electron chi connectivity index (χ2n) is 2.70. The number of carboxylic acid groups (broad SMARTS) is 1. The van der Waals surface area contributed by atoms with Gasteiger partial charge in [0, 0.05) is 7.11 Å². The Morgan fingerprint density at radius 3 is 2.45 bits per heavy atom. The topological polar surface area (TPSA) is 58.6 Å². The summed E-state index contributed by atoms with van der Waals surface area (Å²) in [7, 11) is 1.52. The Labute approximate surface area is 66.5 Å². The minimum absolute atomic E-state index is 0.0719. The Kier molecular flexibility index (Phi) is 4.81. The molecule has 0 radical (unpaired) electrons. The van der Waals surface area contributed by atoms with Gasteiger partial charge in [-0.3, -0.25) is 10.1 Å². The summed E-state index contributed by atoms with van der Waals surface area (Å²) in [5, 5.41) is 11.4. The summed E-state index contributed by atoms with van der Waals surface area (Å²) in [5.41, 5.74) is 0. The van der Waals surface area contributed by atoms with Crippen LogP contribution in [0.5, 0.6) is 0 Å². The van der Waals surface area contributed by atoms with E-state index in [-0.39, 0.29) is 12.6 Å². The maximum Gasteiger partial charge on any atom is 0.321 e. The summed E-state index contributed by atoms with van der Waals surface area (Å²) in [6.45, 7) is 3.97. The van der Waals surface area contributed by atoms with Crippen molar-refractivity contribution in [2.75, 3.05) is 13.8 Å². The monoisotopic (exact) mass is 161 g/mol. The van der Waals surface area contributed by atoms with E-state index in [1.165, 1.54) is 7.11 Å². The molecule has 0 spiro atoms. The van der Waals surface area contributed by atoms with E-state index in [1.807, 2.05) is 13.8 Å². The lowest BCUT2D eigenvalue weighted by Gasteiger charge is -2.16. The average molecular weight is 161 g/mol. The standard InChI is InChI=1S/C7H15NO3/c1-5(2)6(7(9)10)8-4-11-3/h5-6,8H,4H2,1-3H3,(H,9,10)/t6-/m0/s1. The third-order valence-electron chi connectivity index (χ3n) is 1.38. The molecule has 0 aliphatic heterocycles. The molecule has 4 heteroatoms. The Morgan fingerprint density at radius 2 is 2.18 bits per heavy atom. The normalized spacial score (nSPS) is 13.5. The minimum Gasteiger partial charge on any atom is -0.480 e. The van der Waals surface area contributed by atoms with Crippen molar-refractivity contribution in [1.29, 1.82) is 0 Å². The molecule has 0 amide bonds. The van der Waals surface area contributed by atoms with Crippen LogP contribution in [0.25, 0.3) is 0 Å². The molecular weight excluding hydrogens is 146 g/mol. The van der Waals surface area contributed by atoms with Crippen LogP contribution in [0, 0.1) is 5.92 Å². The Hall–Kier alpha value is -0.610. The highest BCUT2D eigenvalue weighted by Crippen LogP contribution is 2.00. The van der Waals surface area contributed by atoms with E-state index in [2.05, 4.69) is 5.32 Å². The molecule has 0 aromatic rings. The first-order valence-electron chi connectivity index (χ1n) is 3.54. The van der Waals surface area contributed by atoms with Crippen molar-refractivity contribution in [3.05, 3.63) is 0 Å². The Morgan fingerprint density at radius 1 is 1.64 bits per heavy atom. The van der Waals surface area contributed by atoms with Crippen molar-refractivity contribution in [3.8, 4) is 0 Å². The third kappa shape index (κ3) is 3.95. The first-order chi connectivity index (χ1) is 5.09. The molecule has 0 saturated heterocycles. The maximum absolute atomic E-state index is 10.5. The van der Waals surface area contributed by atoms with Crippen molar-refractivity contribution in [2.24, 2.45) is 5.92 Å². The van der Waals surface area contributed by atoms with Crippen LogP contribution in [0.15, 0.2) is 0 Å². The van der Waals surface area contributed by atoms with Crippen LogP contribution in [0.2, 0.25) is 0 Å². The van der Waals surface area contributed by atoms with Crippen LogP contribution in [0.4, 0.5) is 0 Å². The Balaban J connectivity index is 3.80. The van der Waals surface area contributed by atoms with Crippen LogP contribution in [0.3, 0.4) is 0 Å². The van der Waals surface area contributed by atoms with E-state index in [9.17, 15) is 4.79 Å². The second-order valence-corrected chi connectivity index (χ2v) is 2.70. The number of carboxylic acids is 1. The zero-order valence-electron chi connectivity index (χ0n) is 7.13. The predicted molar refractivity (Wildman–Crippen MR) is 41.3 cm³/mol. The van der Waals surface area contributed by atoms with Gasteiger partial charge in [-0.25, -0.2) is 0 Å². The number of methoxy groups -OCH3 is 1. The molecule has 0 saturated carbocycles. The fourth-order valence-corrected chi connectivity index (χ4v) is 0.781. The maximum atomic E-state index is 10.5. The van der Waals surface area contributed by atoms with Crippen LogP contribution in [-0.4, -0.2) is 31.0 Å². The van der Waals surface area contributed by atoms with Gasteiger partial charge in [-0.2, -0.15) is 0 Å². The molecule has 66 valence electrons. The van der Waals surface area contributed by atoms with Gasteiger partial charge < -0.3 is 9.84 Å². The van der Waals surface area contributed by atoms with Gasteiger partial charge in [0.05, 0.1) is 6.73 Å². The third-order valence-corrected chi connectivity index (χ3v) is 1.38. The molecule has 11 heavy (non-hydrogen) atoms. The number of carbonyl (C=O) groups is 1. The molecule has 2 N–H and O–H groups in total. The predicted octanol–water partition coefficient (Wildman–Crippen LogP) is 0.289. The van der Waals surface area contributed by atoms with Crippen molar-refractivity contribution in [3.63, 3.8) is 0 Å². The van der Waals surface area contributed by atoms with Gasteiger partial charge in [-0.05, 0) is 5.92 Å². The molecule has 0 aliphatic carbocycles. The van der Waals surface area contributed by atoms with Gasteiger partial charge in [0.15, 0.2) is 0 Å². The summed E-state index contributed by atoms with van der Waals surface area (Å²) >= 11 is 0. The van der Waals surface area contributed by atoms with Gasteiger partial charge in [-0.15, -0.1) is 0 Å². The number of nitrogens with one attached hydrogen (secondary N) is 1. The second kappa shape index (κ2) is 5.09.